The molecule has 0 heterocycles. The molecule has 2 unspecified atom stereocenters. The van der Waals surface area contributed by atoms with E-state index in [1.165, 1.54) is 5.56 Å². The first-order valence-electron chi connectivity index (χ1n) is 6.99. The summed E-state index contributed by atoms with van der Waals surface area (Å²) in [4.78, 5) is 12.0. The van der Waals surface area contributed by atoms with Crippen molar-refractivity contribution >= 4 is 18.3 Å². The third kappa shape index (κ3) is 5.65. The highest BCUT2D eigenvalue weighted by molar-refractivity contribution is 5.85. The van der Waals surface area contributed by atoms with Crippen LogP contribution in [0.4, 0.5) is 0 Å². The van der Waals surface area contributed by atoms with Crippen LogP contribution < -0.4 is 11.1 Å². The number of ether oxygens (including phenoxy) is 1. The van der Waals surface area contributed by atoms with E-state index < -0.39 is 0 Å². The van der Waals surface area contributed by atoms with Crippen molar-refractivity contribution in [2.75, 3.05) is 13.7 Å². The van der Waals surface area contributed by atoms with E-state index in [9.17, 15) is 4.79 Å². The zero-order valence-electron chi connectivity index (χ0n) is 13.3. The topological polar surface area (TPSA) is 64.3 Å². The zero-order valence-corrected chi connectivity index (χ0v) is 14.1. The van der Waals surface area contributed by atoms with Crippen LogP contribution in [0.5, 0.6) is 0 Å². The summed E-state index contributed by atoms with van der Waals surface area (Å²) in [5.41, 5.74) is 6.60. The Labute approximate surface area is 133 Å². The summed E-state index contributed by atoms with van der Waals surface area (Å²) in [6, 6.07) is 10.2. The highest BCUT2D eigenvalue weighted by Crippen LogP contribution is 2.26. The van der Waals surface area contributed by atoms with Gasteiger partial charge in [0.2, 0.25) is 5.91 Å². The number of benzene rings is 1. The van der Waals surface area contributed by atoms with Gasteiger partial charge < -0.3 is 15.8 Å². The second-order valence-electron chi connectivity index (χ2n) is 5.67. The highest BCUT2D eigenvalue weighted by atomic mass is 35.5. The van der Waals surface area contributed by atoms with E-state index >= 15 is 0 Å². The summed E-state index contributed by atoms with van der Waals surface area (Å²) in [6.07, 6.45) is 0.0735. The van der Waals surface area contributed by atoms with Gasteiger partial charge in [-0.1, -0.05) is 44.2 Å². The molecule has 2 atom stereocenters. The molecule has 0 spiro atoms. The maximum absolute atomic E-state index is 12.0. The van der Waals surface area contributed by atoms with Gasteiger partial charge in [-0.05, 0) is 12.5 Å². The zero-order chi connectivity index (χ0) is 15.2. The molecule has 3 N–H and O–H groups in total. The first-order chi connectivity index (χ1) is 9.41. The van der Waals surface area contributed by atoms with E-state index in [-0.39, 0.29) is 35.9 Å². The average Bonchev–Trinajstić information content (AvgIpc) is 2.45. The van der Waals surface area contributed by atoms with Gasteiger partial charge in [0.25, 0.3) is 0 Å². The van der Waals surface area contributed by atoms with Crippen molar-refractivity contribution in [2.45, 2.75) is 44.8 Å². The fourth-order valence-electron chi connectivity index (χ4n) is 2.07. The fourth-order valence-corrected chi connectivity index (χ4v) is 2.07. The van der Waals surface area contributed by atoms with Crippen molar-refractivity contribution in [1.29, 1.82) is 0 Å². The highest BCUT2D eigenvalue weighted by Gasteiger charge is 2.29. The lowest BCUT2D eigenvalue weighted by Gasteiger charge is -2.33. The fraction of sp³-hybridized carbons (Fsp3) is 0.562. The van der Waals surface area contributed by atoms with Gasteiger partial charge in [0.1, 0.15) is 0 Å². The van der Waals surface area contributed by atoms with Crippen molar-refractivity contribution < 1.29 is 9.53 Å². The van der Waals surface area contributed by atoms with Crippen molar-refractivity contribution in [3.8, 4) is 0 Å². The van der Waals surface area contributed by atoms with Gasteiger partial charge in [-0.3, -0.25) is 4.79 Å². The van der Waals surface area contributed by atoms with Crippen LogP contribution in [-0.2, 0) is 14.9 Å². The summed E-state index contributed by atoms with van der Waals surface area (Å²) in [7, 11) is 1.57. The van der Waals surface area contributed by atoms with Crippen LogP contribution in [0.3, 0.4) is 0 Å². The molecule has 1 aromatic carbocycles. The van der Waals surface area contributed by atoms with Gasteiger partial charge in [0.05, 0.1) is 12.5 Å². The Morgan fingerprint density at radius 1 is 1.33 bits per heavy atom. The Bertz CT molecular complexity index is 420. The molecule has 0 aliphatic heterocycles. The van der Waals surface area contributed by atoms with Gasteiger partial charge in [0.15, 0.2) is 0 Å². The van der Waals surface area contributed by atoms with Gasteiger partial charge in [-0.25, -0.2) is 0 Å². The largest absolute Gasteiger partial charge is 0.380 e. The Morgan fingerprint density at radius 3 is 2.38 bits per heavy atom. The lowest BCUT2D eigenvalue weighted by molar-refractivity contribution is -0.124. The molecule has 0 saturated carbocycles. The molecule has 21 heavy (non-hydrogen) atoms. The van der Waals surface area contributed by atoms with Crippen molar-refractivity contribution in [3.05, 3.63) is 35.9 Å². The first-order valence-corrected chi connectivity index (χ1v) is 6.99. The minimum atomic E-state index is -0.220. The van der Waals surface area contributed by atoms with Crippen molar-refractivity contribution in [2.24, 2.45) is 5.73 Å². The molecule has 120 valence electrons. The smallest absolute Gasteiger partial charge is 0.222 e. The summed E-state index contributed by atoms with van der Waals surface area (Å²) >= 11 is 0. The number of halogens is 1. The molecule has 0 aromatic heterocycles. The number of rotatable bonds is 7. The molecular weight excluding hydrogens is 288 g/mol. The molecule has 0 fully saturated rings. The van der Waals surface area contributed by atoms with E-state index in [0.717, 1.165) is 0 Å². The Kier molecular flexibility index (Phi) is 8.55. The number of hydrogen-bond donors (Lipinski definition) is 2. The van der Waals surface area contributed by atoms with Crippen molar-refractivity contribution in [3.63, 3.8) is 0 Å². The predicted octanol–water partition coefficient (Wildman–Crippen LogP) is 2.25. The normalized spacial score (nSPS) is 14.0. The number of methoxy groups -OCH3 is 1. The molecule has 0 saturated heterocycles. The maximum Gasteiger partial charge on any atom is 0.222 e. The van der Waals surface area contributed by atoms with E-state index in [1.54, 1.807) is 7.11 Å². The molecule has 0 aliphatic rings. The van der Waals surface area contributed by atoms with Crippen LogP contribution >= 0.6 is 12.4 Å². The number of hydrogen-bond acceptors (Lipinski definition) is 3. The molecule has 0 bridgehead atoms. The number of carbonyl (C=O) groups excluding carboxylic acids is 1. The second kappa shape index (κ2) is 9.03. The van der Waals surface area contributed by atoms with Crippen LogP contribution in [-0.4, -0.2) is 31.7 Å². The third-order valence-electron chi connectivity index (χ3n) is 3.99. The molecule has 1 rings (SSSR count). The quantitative estimate of drug-likeness (QED) is 0.811. The SMILES string of the molecule is COC(CN)CC(=O)NC(C)C(C)(C)c1ccccc1.Cl. The van der Waals surface area contributed by atoms with E-state index in [2.05, 4.69) is 31.3 Å². The van der Waals surface area contributed by atoms with Gasteiger partial charge >= 0.3 is 0 Å². The maximum atomic E-state index is 12.0. The minimum absolute atomic E-state index is 0. The van der Waals surface area contributed by atoms with E-state index in [0.29, 0.717) is 13.0 Å². The Hall–Kier alpha value is -1.10. The van der Waals surface area contributed by atoms with E-state index in [1.807, 2.05) is 25.1 Å². The van der Waals surface area contributed by atoms with Gasteiger partial charge in [0, 0.05) is 25.1 Å². The van der Waals surface area contributed by atoms with Crippen LogP contribution in [0.25, 0.3) is 0 Å². The van der Waals surface area contributed by atoms with Crippen LogP contribution in [0.15, 0.2) is 30.3 Å². The monoisotopic (exact) mass is 314 g/mol. The lowest BCUT2D eigenvalue weighted by atomic mass is 9.78. The third-order valence-corrected chi connectivity index (χ3v) is 3.99. The second-order valence-corrected chi connectivity index (χ2v) is 5.67. The summed E-state index contributed by atoms with van der Waals surface area (Å²) in [5, 5.41) is 3.04. The number of amides is 1. The van der Waals surface area contributed by atoms with Crippen LogP contribution in [0.1, 0.15) is 32.8 Å². The summed E-state index contributed by atoms with van der Waals surface area (Å²) in [5.74, 6) is -0.0289. The summed E-state index contributed by atoms with van der Waals surface area (Å²) < 4.78 is 5.14. The lowest BCUT2D eigenvalue weighted by Crippen LogP contribution is -2.46. The standard InChI is InChI=1S/C16H26N2O2.ClH/c1-12(18-15(19)10-14(11-17)20-4)16(2,3)13-8-6-5-7-9-13;/h5-9,12,14H,10-11,17H2,1-4H3,(H,18,19);1H. The average molecular weight is 315 g/mol. The number of nitrogens with two attached hydrogens (primary N) is 1. The molecule has 1 aromatic rings. The molecule has 0 radical (unpaired) electrons. The molecule has 5 heteroatoms. The molecule has 4 nitrogen and oxygen atoms in total. The first kappa shape index (κ1) is 19.9. The molecular formula is C16H27ClN2O2. The van der Waals surface area contributed by atoms with Crippen LogP contribution in [0.2, 0.25) is 0 Å². The minimum Gasteiger partial charge on any atom is -0.380 e. The Balaban J connectivity index is 0.00000400. The van der Waals surface area contributed by atoms with Crippen LogP contribution in [0, 0.1) is 0 Å². The molecule has 1 amide bonds. The van der Waals surface area contributed by atoms with Gasteiger partial charge in [-0.2, -0.15) is 0 Å². The van der Waals surface area contributed by atoms with Crippen molar-refractivity contribution in [1.82, 2.24) is 5.32 Å². The van der Waals surface area contributed by atoms with E-state index in [4.69, 9.17) is 10.5 Å². The predicted molar refractivity (Wildman–Crippen MR) is 88.8 cm³/mol. The Morgan fingerprint density at radius 2 is 1.90 bits per heavy atom. The molecule has 0 aliphatic carbocycles. The number of nitrogens with one attached hydrogen (secondary N) is 1. The van der Waals surface area contributed by atoms with Gasteiger partial charge in [-0.15, -0.1) is 12.4 Å². The number of carbonyl (C=O) groups is 1. The summed E-state index contributed by atoms with van der Waals surface area (Å²) in [6.45, 7) is 6.63.